The van der Waals surface area contributed by atoms with Gasteiger partial charge in [0.1, 0.15) is 17.3 Å². The van der Waals surface area contributed by atoms with Crippen molar-refractivity contribution in [2.45, 2.75) is 26.4 Å². The Labute approximate surface area is 105 Å². The SMILES string of the molecule is CC(C)C1C(=O)Nc2ncnc(Cl)c2CN1C. The fourth-order valence-electron chi connectivity index (χ4n) is 2.19. The normalized spacial score (nSPS) is 21.0. The molecule has 0 bridgehead atoms. The zero-order valence-electron chi connectivity index (χ0n) is 10.1. The predicted octanol–water partition coefficient (Wildman–Crippen LogP) is 1.54. The number of fused-ring (bicyclic) bond motifs is 1. The quantitative estimate of drug-likeness (QED) is 0.773. The van der Waals surface area contributed by atoms with Crippen LogP contribution in [-0.4, -0.2) is 33.9 Å². The molecule has 17 heavy (non-hydrogen) atoms. The molecule has 5 nitrogen and oxygen atoms in total. The molecule has 1 aromatic heterocycles. The van der Waals surface area contributed by atoms with Crippen LogP contribution in [0.1, 0.15) is 19.4 Å². The van der Waals surface area contributed by atoms with Gasteiger partial charge in [-0.3, -0.25) is 9.69 Å². The van der Waals surface area contributed by atoms with Crippen molar-refractivity contribution in [3.63, 3.8) is 0 Å². The van der Waals surface area contributed by atoms with E-state index in [1.807, 2.05) is 25.8 Å². The molecular formula is C11H15ClN4O. The van der Waals surface area contributed by atoms with Crippen LogP contribution >= 0.6 is 11.6 Å². The summed E-state index contributed by atoms with van der Waals surface area (Å²) in [6.45, 7) is 4.60. The van der Waals surface area contributed by atoms with Crippen molar-refractivity contribution in [1.29, 1.82) is 0 Å². The van der Waals surface area contributed by atoms with E-state index in [1.165, 1.54) is 6.33 Å². The average Bonchev–Trinajstić information content (AvgIpc) is 2.34. The number of hydrogen-bond donors (Lipinski definition) is 1. The van der Waals surface area contributed by atoms with E-state index in [4.69, 9.17) is 11.6 Å². The first-order chi connectivity index (χ1) is 8.00. The van der Waals surface area contributed by atoms with Gasteiger partial charge in [-0.05, 0) is 13.0 Å². The average molecular weight is 255 g/mol. The minimum atomic E-state index is -0.180. The van der Waals surface area contributed by atoms with Gasteiger partial charge in [-0.15, -0.1) is 0 Å². The summed E-state index contributed by atoms with van der Waals surface area (Å²) in [4.78, 5) is 22.1. The Morgan fingerprint density at radius 3 is 2.88 bits per heavy atom. The lowest BCUT2D eigenvalue weighted by molar-refractivity contribution is -0.122. The second kappa shape index (κ2) is 4.58. The highest BCUT2D eigenvalue weighted by Crippen LogP contribution is 2.26. The highest BCUT2D eigenvalue weighted by atomic mass is 35.5. The number of amides is 1. The lowest BCUT2D eigenvalue weighted by Crippen LogP contribution is -2.43. The van der Waals surface area contributed by atoms with E-state index < -0.39 is 0 Å². The molecule has 0 spiro atoms. The highest BCUT2D eigenvalue weighted by molar-refractivity contribution is 6.30. The van der Waals surface area contributed by atoms with E-state index in [-0.39, 0.29) is 17.9 Å². The molecule has 0 aromatic carbocycles. The molecule has 2 rings (SSSR count). The van der Waals surface area contributed by atoms with Crippen molar-refractivity contribution >= 4 is 23.3 Å². The number of nitrogens with one attached hydrogen (secondary N) is 1. The van der Waals surface area contributed by atoms with Crippen molar-refractivity contribution in [3.8, 4) is 0 Å². The monoisotopic (exact) mass is 254 g/mol. The number of nitrogens with zero attached hydrogens (tertiary/aromatic N) is 3. The van der Waals surface area contributed by atoms with Crippen molar-refractivity contribution < 1.29 is 4.79 Å². The number of anilines is 1. The topological polar surface area (TPSA) is 58.1 Å². The van der Waals surface area contributed by atoms with Crippen LogP contribution in [0.3, 0.4) is 0 Å². The standard InChI is InChI=1S/C11H15ClN4O/c1-6(2)8-11(17)15-10-7(4-16(8)3)9(12)13-5-14-10/h5-6,8H,4H2,1-3H3,(H,13,14,15,17). The van der Waals surface area contributed by atoms with Gasteiger partial charge in [0.05, 0.1) is 6.04 Å². The molecule has 1 atom stereocenters. The van der Waals surface area contributed by atoms with Crippen molar-refractivity contribution in [1.82, 2.24) is 14.9 Å². The van der Waals surface area contributed by atoms with Gasteiger partial charge in [-0.25, -0.2) is 9.97 Å². The van der Waals surface area contributed by atoms with Crippen LogP contribution in [0.4, 0.5) is 5.82 Å². The second-order valence-electron chi connectivity index (χ2n) is 4.58. The molecule has 1 unspecified atom stereocenters. The number of rotatable bonds is 1. The van der Waals surface area contributed by atoms with E-state index in [0.29, 0.717) is 17.5 Å². The van der Waals surface area contributed by atoms with Gasteiger partial charge in [0.25, 0.3) is 0 Å². The molecule has 1 N–H and O–H groups in total. The molecular weight excluding hydrogens is 240 g/mol. The number of carbonyl (C=O) groups excluding carboxylic acids is 1. The molecule has 0 fully saturated rings. The maximum Gasteiger partial charge on any atom is 0.243 e. The number of halogens is 1. The summed E-state index contributed by atoms with van der Waals surface area (Å²) in [5.41, 5.74) is 0.771. The fourth-order valence-corrected chi connectivity index (χ4v) is 2.38. The smallest absolute Gasteiger partial charge is 0.243 e. The number of carbonyl (C=O) groups is 1. The van der Waals surface area contributed by atoms with Gasteiger partial charge in [0, 0.05) is 12.1 Å². The molecule has 2 heterocycles. The van der Waals surface area contributed by atoms with E-state index in [2.05, 4.69) is 15.3 Å². The van der Waals surface area contributed by atoms with Crippen LogP contribution in [0.2, 0.25) is 5.15 Å². The maximum absolute atomic E-state index is 12.1. The Kier molecular flexibility index (Phi) is 3.31. The van der Waals surface area contributed by atoms with Gasteiger partial charge < -0.3 is 5.32 Å². The van der Waals surface area contributed by atoms with Gasteiger partial charge in [-0.1, -0.05) is 25.4 Å². The van der Waals surface area contributed by atoms with Crippen LogP contribution in [0.5, 0.6) is 0 Å². The van der Waals surface area contributed by atoms with Crippen LogP contribution in [0, 0.1) is 5.92 Å². The summed E-state index contributed by atoms with van der Waals surface area (Å²) in [5.74, 6) is 0.696. The molecule has 1 amide bonds. The van der Waals surface area contributed by atoms with Crippen molar-refractivity contribution in [2.24, 2.45) is 5.92 Å². The van der Waals surface area contributed by atoms with Crippen molar-refractivity contribution in [3.05, 3.63) is 17.0 Å². The summed E-state index contributed by atoms with van der Waals surface area (Å²) in [7, 11) is 1.91. The largest absolute Gasteiger partial charge is 0.309 e. The van der Waals surface area contributed by atoms with E-state index in [0.717, 1.165) is 5.56 Å². The molecule has 6 heteroatoms. The fraction of sp³-hybridized carbons (Fsp3) is 0.545. The molecule has 1 aliphatic heterocycles. The van der Waals surface area contributed by atoms with E-state index >= 15 is 0 Å². The summed E-state index contributed by atoms with van der Waals surface area (Å²) >= 11 is 6.03. The predicted molar refractivity (Wildman–Crippen MR) is 65.8 cm³/mol. The third-order valence-electron chi connectivity index (χ3n) is 2.92. The number of likely N-dealkylation sites (N-methyl/N-ethyl adjacent to an activating group) is 1. The molecule has 0 aliphatic carbocycles. The second-order valence-corrected chi connectivity index (χ2v) is 4.94. The molecule has 0 radical (unpaired) electrons. The molecule has 0 saturated carbocycles. The highest BCUT2D eigenvalue weighted by Gasteiger charge is 2.31. The Balaban J connectivity index is 2.42. The Morgan fingerprint density at radius 2 is 2.24 bits per heavy atom. The van der Waals surface area contributed by atoms with Crippen LogP contribution in [-0.2, 0) is 11.3 Å². The van der Waals surface area contributed by atoms with Crippen LogP contribution < -0.4 is 5.32 Å². The first-order valence-electron chi connectivity index (χ1n) is 5.51. The Bertz CT molecular complexity index is 449. The summed E-state index contributed by atoms with van der Waals surface area (Å²) in [6.07, 6.45) is 1.36. The third kappa shape index (κ3) is 2.25. The van der Waals surface area contributed by atoms with Gasteiger partial charge >= 0.3 is 0 Å². The van der Waals surface area contributed by atoms with E-state index in [1.54, 1.807) is 0 Å². The Hall–Kier alpha value is -1.20. The van der Waals surface area contributed by atoms with Gasteiger partial charge in [0.15, 0.2) is 0 Å². The van der Waals surface area contributed by atoms with E-state index in [9.17, 15) is 4.79 Å². The lowest BCUT2D eigenvalue weighted by Gasteiger charge is -2.26. The minimum Gasteiger partial charge on any atom is -0.309 e. The molecule has 92 valence electrons. The third-order valence-corrected chi connectivity index (χ3v) is 3.24. The summed E-state index contributed by atoms with van der Waals surface area (Å²) < 4.78 is 0. The molecule has 1 aromatic rings. The van der Waals surface area contributed by atoms with Gasteiger partial charge in [0.2, 0.25) is 5.91 Å². The van der Waals surface area contributed by atoms with Crippen LogP contribution in [0.15, 0.2) is 6.33 Å². The zero-order chi connectivity index (χ0) is 12.6. The number of aromatic nitrogens is 2. The van der Waals surface area contributed by atoms with Crippen molar-refractivity contribution in [2.75, 3.05) is 12.4 Å². The first kappa shape index (κ1) is 12.3. The Morgan fingerprint density at radius 1 is 1.53 bits per heavy atom. The molecule has 1 aliphatic rings. The molecule has 0 saturated heterocycles. The number of hydrogen-bond acceptors (Lipinski definition) is 4. The van der Waals surface area contributed by atoms with Crippen LogP contribution in [0.25, 0.3) is 0 Å². The summed E-state index contributed by atoms with van der Waals surface area (Å²) in [5, 5.41) is 3.20. The summed E-state index contributed by atoms with van der Waals surface area (Å²) in [6, 6.07) is -0.180. The maximum atomic E-state index is 12.1. The van der Waals surface area contributed by atoms with Gasteiger partial charge in [-0.2, -0.15) is 0 Å². The lowest BCUT2D eigenvalue weighted by atomic mass is 10.0. The first-order valence-corrected chi connectivity index (χ1v) is 5.89. The zero-order valence-corrected chi connectivity index (χ0v) is 10.8. The minimum absolute atomic E-state index is 0.0454.